The Labute approximate surface area is 169 Å². The van der Waals surface area contributed by atoms with Crippen LogP contribution in [0.15, 0.2) is 59.3 Å². The zero-order valence-electron chi connectivity index (χ0n) is 15.9. The van der Waals surface area contributed by atoms with Gasteiger partial charge in [0.1, 0.15) is 5.69 Å². The van der Waals surface area contributed by atoms with E-state index in [4.69, 9.17) is 4.99 Å². The van der Waals surface area contributed by atoms with Crippen LogP contribution in [0.3, 0.4) is 0 Å². The number of sulfonamides is 1. The molecule has 0 atom stereocenters. The number of nitrogens with zero attached hydrogens (tertiary/aromatic N) is 5. The first kappa shape index (κ1) is 20.4. The molecule has 0 bridgehead atoms. The molecule has 28 heavy (non-hydrogen) atoms. The summed E-state index contributed by atoms with van der Waals surface area (Å²) in [6, 6.07) is 9.76. The second kappa shape index (κ2) is 9.22. The molecule has 0 aliphatic rings. The molecule has 2 heterocycles. The van der Waals surface area contributed by atoms with Crippen LogP contribution in [0.25, 0.3) is 11.4 Å². The number of thiazole rings is 1. The number of hydrogen-bond acceptors (Lipinski definition) is 6. The van der Waals surface area contributed by atoms with Crippen molar-refractivity contribution in [3.8, 4) is 11.4 Å². The normalized spacial score (nSPS) is 12.6. The van der Waals surface area contributed by atoms with Gasteiger partial charge >= 0.3 is 0 Å². The van der Waals surface area contributed by atoms with Gasteiger partial charge in [0.05, 0.1) is 23.3 Å². The van der Waals surface area contributed by atoms with Crippen LogP contribution in [0.1, 0.15) is 13.3 Å². The van der Waals surface area contributed by atoms with Crippen molar-refractivity contribution in [1.29, 1.82) is 0 Å². The van der Waals surface area contributed by atoms with Gasteiger partial charge in [-0.25, -0.2) is 17.7 Å². The summed E-state index contributed by atoms with van der Waals surface area (Å²) in [6.07, 6.45) is 5.69. The van der Waals surface area contributed by atoms with Crippen molar-refractivity contribution in [2.24, 2.45) is 4.99 Å². The molecule has 0 aliphatic carbocycles. The Bertz CT molecular complexity index is 1060. The van der Waals surface area contributed by atoms with Gasteiger partial charge in [0.15, 0.2) is 4.80 Å². The minimum atomic E-state index is -3.18. The van der Waals surface area contributed by atoms with Crippen molar-refractivity contribution in [1.82, 2.24) is 18.8 Å². The fourth-order valence-electron chi connectivity index (χ4n) is 2.70. The Morgan fingerprint density at radius 2 is 2.00 bits per heavy atom. The molecule has 2 aromatic heterocycles. The minimum Gasteiger partial charge on any atom is -0.315 e. The lowest BCUT2D eigenvalue weighted by molar-refractivity contribution is 0.446. The molecule has 0 radical (unpaired) electrons. The van der Waals surface area contributed by atoms with Crippen LogP contribution in [0.4, 0.5) is 5.69 Å². The molecular weight excluding hydrogens is 394 g/mol. The van der Waals surface area contributed by atoms with Crippen LogP contribution in [0.5, 0.6) is 0 Å². The molecule has 0 spiro atoms. The maximum Gasteiger partial charge on any atom is 0.213 e. The van der Waals surface area contributed by atoms with Gasteiger partial charge in [-0.3, -0.25) is 9.97 Å². The fraction of sp³-hybridized carbons (Fsp3) is 0.316. The Morgan fingerprint density at radius 3 is 2.68 bits per heavy atom. The highest BCUT2D eigenvalue weighted by molar-refractivity contribution is 7.89. The molecule has 3 aromatic rings. The van der Waals surface area contributed by atoms with Crippen LogP contribution in [0.2, 0.25) is 0 Å². The number of rotatable bonds is 8. The zero-order chi connectivity index (χ0) is 20.0. The second-order valence-corrected chi connectivity index (χ2v) is 9.37. The van der Waals surface area contributed by atoms with E-state index in [9.17, 15) is 8.42 Å². The quantitative estimate of drug-likeness (QED) is 0.564. The average Bonchev–Trinajstić information content (AvgIpc) is 3.11. The third-order valence-corrected chi connectivity index (χ3v) is 7.02. The molecule has 1 aromatic carbocycles. The standard InChI is InChI=1S/C19H23N5O2S2/c1-3-28(25,26)23(2)12-7-13-24-18(17-14-20-10-11-21-17)15-27-19(24)22-16-8-5-4-6-9-16/h4-6,8-11,14-15H,3,7,12-13H2,1-2H3. The number of para-hydroxylation sites is 1. The van der Waals surface area contributed by atoms with E-state index in [1.54, 1.807) is 32.6 Å². The lowest BCUT2D eigenvalue weighted by atomic mass is 10.3. The van der Waals surface area contributed by atoms with Crippen molar-refractivity contribution in [3.63, 3.8) is 0 Å². The third kappa shape index (κ3) is 4.92. The minimum absolute atomic E-state index is 0.106. The Hall–Kier alpha value is -2.36. The van der Waals surface area contributed by atoms with Gasteiger partial charge in [-0.2, -0.15) is 0 Å². The van der Waals surface area contributed by atoms with Gasteiger partial charge in [0, 0.05) is 37.9 Å². The maximum atomic E-state index is 12.0. The predicted octanol–water partition coefficient (Wildman–Crippen LogP) is 2.91. The molecule has 0 fully saturated rings. The summed E-state index contributed by atoms with van der Waals surface area (Å²) in [5, 5.41) is 2.01. The number of aromatic nitrogens is 3. The highest BCUT2D eigenvalue weighted by atomic mass is 32.2. The van der Waals surface area contributed by atoms with Gasteiger partial charge in [-0.1, -0.05) is 18.2 Å². The van der Waals surface area contributed by atoms with Crippen LogP contribution in [0, 0.1) is 0 Å². The first-order chi connectivity index (χ1) is 13.5. The highest BCUT2D eigenvalue weighted by Gasteiger charge is 2.15. The number of benzene rings is 1. The topological polar surface area (TPSA) is 80.5 Å². The summed E-state index contributed by atoms with van der Waals surface area (Å²) in [5.74, 6) is 0.106. The SMILES string of the molecule is CCS(=O)(=O)N(C)CCCn1c(-c2cnccn2)csc1=Nc1ccccc1. The molecule has 0 aliphatic heterocycles. The van der Waals surface area contributed by atoms with E-state index in [1.807, 2.05) is 35.7 Å². The van der Waals surface area contributed by atoms with Crippen LogP contribution in [-0.2, 0) is 16.6 Å². The van der Waals surface area contributed by atoms with E-state index in [-0.39, 0.29) is 5.75 Å². The van der Waals surface area contributed by atoms with Crippen molar-refractivity contribution in [3.05, 3.63) is 59.1 Å². The average molecular weight is 418 g/mol. The summed E-state index contributed by atoms with van der Waals surface area (Å²) in [6.45, 7) is 2.73. The first-order valence-electron chi connectivity index (χ1n) is 9.00. The molecule has 3 rings (SSSR count). The van der Waals surface area contributed by atoms with E-state index in [0.717, 1.165) is 21.9 Å². The fourth-order valence-corrected chi connectivity index (χ4v) is 4.48. The smallest absolute Gasteiger partial charge is 0.213 e. The molecule has 0 N–H and O–H groups in total. The van der Waals surface area contributed by atoms with Crippen molar-refractivity contribution in [2.45, 2.75) is 19.9 Å². The summed E-state index contributed by atoms with van der Waals surface area (Å²) in [5.41, 5.74) is 2.56. The Balaban J connectivity index is 1.90. The summed E-state index contributed by atoms with van der Waals surface area (Å²) < 4.78 is 27.4. The highest BCUT2D eigenvalue weighted by Crippen LogP contribution is 2.18. The van der Waals surface area contributed by atoms with Crippen LogP contribution in [-0.4, -0.2) is 46.6 Å². The number of hydrogen-bond donors (Lipinski definition) is 0. The largest absolute Gasteiger partial charge is 0.315 e. The van der Waals surface area contributed by atoms with Gasteiger partial charge < -0.3 is 4.57 Å². The van der Waals surface area contributed by atoms with Crippen LogP contribution >= 0.6 is 11.3 Å². The lowest BCUT2D eigenvalue weighted by Gasteiger charge is -2.16. The zero-order valence-corrected chi connectivity index (χ0v) is 17.5. The Kier molecular flexibility index (Phi) is 6.71. The van der Waals surface area contributed by atoms with E-state index in [0.29, 0.717) is 19.5 Å². The van der Waals surface area contributed by atoms with E-state index in [2.05, 4.69) is 14.5 Å². The van der Waals surface area contributed by atoms with Gasteiger partial charge in [0.2, 0.25) is 10.0 Å². The van der Waals surface area contributed by atoms with Crippen molar-refractivity contribution >= 4 is 27.0 Å². The molecule has 0 saturated carbocycles. The second-order valence-electron chi connectivity index (χ2n) is 6.17. The molecule has 0 amide bonds. The lowest BCUT2D eigenvalue weighted by Crippen LogP contribution is -2.30. The van der Waals surface area contributed by atoms with E-state index in [1.165, 1.54) is 15.6 Å². The summed E-state index contributed by atoms with van der Waals surface area (Å²) in [4.78, 5) is 14.2. The van der Waals surface area contributed by atoms with Crippen molar-refractivity contribution < 1.29 is 8.42 Å². The molecule has 148 valence electrons. The van der Waals surface area contributed by atoms with E-state index >= 15 is 0 Å². The predicted molar refractivity (Wildman–Crippen MR) is 112 cm³/mol. The molecule has 0 unspecified atom stereocenters. The molecule has 9 heteroatoms. The van der Waals surface area contributed by atoms with Gasteiger partial charge in [-0.15, -0.1) is 11.3 Å². The van der Waals surface area contributed by atoms with E-state index < -0.39 is 10.0 Å². The third-order valence-electron chi connectivity index (χ3n) is 4.30. The van der Waals surface area contributed by atoms with Gasteiger partial charge in [0.25, 0.3) is 0 Å². The Morgan fingerprint density at radius 1 is 1.21 bits per heavy atom. The monoisotopic (exact) mass is 417 g/mol. The van der Waals surface area contributed by atoms with Gasteiger partial charge in [-0.05, 0) is 25.5 Å². The summed E-state index contributed by atoms with van der Waals surface area (Å²) in [7, 11) is -1.56. The summed E-state index contributed by atoms with van der Waals surface area (Å²) >= 11 is 1.53. The van der Waals surface area contributed by atoms with Crippen LogP contribution < -0.4 is 4.80 Å². The first-order valence-corrected chi connectivity index (χ1v) is 11.5. The maximum absolute atomic E-state index is 12.0. The molecule has 7 nitrogen and oxygen atoms in total. The molecular formula is C19H23N5O2S2. The van der Waals surface area contributed by atoms with Crippen molar-refractivity contribution in [2.75, 3.05) is 19.3 Å². The molecule has 0 saturated heterocycles.